The maximum absolute atomic E-state index is 11.8. The summed E-state index contributed by atoms with van der Waals surface area (Å²) in [6, 6.07) is 7.72. The van der Waals surface area contributed by atoms with Crippen molar-refractivity contribution in [3.8, 4) is 6.07 Å². The molecule has 0 saturated carbocycles. The number of anilines is 1. The zero-order chi connectivity index (χ0) is 11.5. The lowest BCUT2D eigenvalue weighted by Gasteiger charge is -2.29. The van der Waals surface area contributed by atoms with Crippen LogP contribution in [0.1, 0.15) is 30.9 Å². The van der Waals surface area contributed by atoms with Crippen molar-refractivity contribution in [2.45, 2.75) is 26.2 Å². The van der Waals surface area contributed by atoms with Crippen LogP contribution in [0.3, 0.4) is 0 Å². The summed E-state index contributed by atoms with van der Waals surface area (Å²) in [4.78, 5) is 13.6. The molecule has 0 spiro atoms. The Morgan fingerprint density at radius 3 is 3.06 bits per heavy atom. The highest BCUT2D eigenvalue weighted by Gasteiger charge is 2.21. The number of aryl methyl sites for hydroxylation is 1. The predicted molar refractivity (Wildman–Crippen MR) is 62.1 cm³/mol. The molecule has 0 aliphatic carbocycles. The molecule has 1 amide bonds. The lowest BCUT2D eigenvalue weighted by molar-refractivity contribution is -0.118. The molecule has 0 radical (unpaired) electrons. The summed E-state index contributed by atoms with van der Waals surface area (Å²) >= 11 is 0. The third-order valence-electron chi connectivity index (χ3n) is 2.94. The average Bonchev–Trinajstić information content (AvgIpc) is 2.36. The van der Waals surface area contributed by atoms with E-state index in [0.717, 1.165) is 25.1 Å². The van der Waals surface area contributed by atoms with Gasteiger partial charge in [0.05, 0.1) is 11.6 Å². The fraction of sp³-hybridized carbons (Fsp3) is 0.385. The lowest BCUT2D eigenvalue weighted by Crippen LogP contribution is -2.34. The van der Waals surface area contributed by atoms with E-state index in [9.17, 15) is 4.79 Å². The number of benzene rings is 1. The van der Waals surface area contributed by atoms with Gasteiger partial charge in [-0.05, 0) is 30.5 Å². The second kappa shape index (κ2) is 4.36. The van der Waals surface area contributed by atoms with Gasteiger partial charge in [0, 0.05) is 18.7 Å². The summed E-state index contributed by atoms with van der Waals surface area (Å²) in [5, 5.41) is 8.87. The second-order valence-corrected chi connectivity index (χ2v) is 3.96. The van der Waals surface area contributed by atoms with Crippen LogP contribution >= 0.6 is 0 Å². The first-order valence-electron chi connectivity index (χ1n) is 5.59. The highest BCUT2D eigenvalue weighted by Crippen LogP contribution is 2.28. The topological polar surface area (TPSA) is 44.1 Å². The van der Waals surface area contributed by atoms with Gasteiger partial charge in [0.2, 0.25) is 5.91 Å². The summed E-state index contributed by atoms with van der Waals surface area (Å²) in [7, 11) is 0. The molecule has 0 saturated heterocycles. The standard InChI is InChI=1S/C13H14N2O/c1-2-13(16)15-7-3-4-11-6-5-10(9-14)8-12(11)15/h5-6,8H,2-4,7H2,1H3. The average molecular weight is 214 g/mol. The van der Waals surface area contributed by atoms with Crippen molar-refractivity contribution in [3.05, 3.63) is 29.3 Å². The van der Waals surface area contributed by atoms with Crippen LogP contribution < -0.4 is 4.90 Å². The number of carbonyl (C=O) groups is 1. The third-order valence-corrected chi connectivity index (χ3v) is 2.94. The Morgan fingerprint density at radius 1 is 1.56 bits per heavy atom. The van der Waals surface area contributed by atoms with E-state index in [2.05, 4.69) is 6.07 Å². The van der Waals surface area contributed by atoms with Gasteiger partial charge in [0.15, 0.2) is 0 Å². The predicted octanol–water partition coefficient (Wildman–Crippen LogP) is 2.25. The van der Waals surface area contributed by atoms with Crippen molar-refractivity contribution in [1.29, 1.82) is 5.26 Å². The minimum absolute atomic E-state index is 0.135. The highest BCUT2D eigenvalue weighted by atomic mass is 16.2. The van der Waals surface area contributed by atoms with E-state index < -0.39 is 0 Å². The second-order valence-electron chi connectivity index (χ2n) is 3.96. The Balaban J connectivity index is 2.44. The molecule has 0 aromatic heterocycles. The van der Waals surface area contributed by atoms with Crippen LogP contribution in [0.5, 0.6) is 0 Å². The first-order chi connectivity index (χ1) is 7.76. The summed E-state index contributed by atoms with van der Waals surface area (Å²) in [5.74, 6) is 0.135. The molecule has 1 heterocycles. The number of amides is 1. The van der Waals surface area contributed by atoms with Crippen molar-refractivity contribution >= 4 is 11.6 Å². The first-order valence-corrected chi connectivity index (χ1v) is 5.59. The number of nitrogens with zero attached hydrogens (tertiary/aromatic N) is 2. The van der Waals surface area contributed by atoms with Gasteiger partial charge in [-0.1, -0.05) is 13.0 Å². The smallest absolute Gasteiger partial charge is 0.226 e. The third kappa shape index (κ3) is 1.79. The number of nitriles is 1. The van der Waals surface area contributed by atoms with E-state index in [1.807, 2.05) is 25.1 Å². The van der Waals surface area contributed by atoms with Gasteiger partial charge >= 0.3 is 0 Å². The Labute approximate surface area is 95.3 Å². The molecule has 1 aliphatic heterocycles. The van der Waals surface area contributed by atoms with Crippen molar-refractivity contribution < 1.29 is 4.79 Å². The van der Waals surface area contributed by atoms with Crippen LogP contribution in [0, 0.1) is 11.3 Å². The normalized spacial score (nSPS) is 14.1. The maximum Gasteiger partial charge on any atom is 0.226 e. The fourth-order valence-corrected chi connectivity index (χ4v) is 2.09. The molecule has 1 aromatic rings. The van der Waals surface area contributed by atoms with Crippen LogP contribution in [-0.2, 0) is 11.2 Å². The van der Waals surface area contributed by atoms with Crippen LogP contribution in [-0.4, -0.2) is 12.5 Å². The van der Waals surface area contributed by atoms with Crippen molar-refractivity contribution in [1.82, 2.24) is 0 Å². The molecule has 0 bridgehead atoms. The van der Waals surface area contributed by atoms with Crippen LogP contribution in [0.15, 0.2) is 18.2 Å². The molecule has 16 heavy (non-hydrogen) atoms. The van der Waals surface area contributed by atoms with Crippen molar-refractivity contribution in [2.75, 3.05) is 11.4 Å². The summed E-state index contributed by atoms with van der Waals surface area (Å²) in [6.45, 7) is 2.64. The molecule has 0 N–H and O–H groups in total. The van der Waals surface area contributed by atoms with Crippen molar-refractivity contribution in [3.63, 3.8) is 0 Å². The Kier molecular flexibility index (Phi) is 2.91. The van der Waals surface area contributed by atoms with Gasteiger partial charge in [0.1, 0.15) is 0 Å². The fourth-order valence-electron chi connectivity index (χ4n) is 2.09. The first kappa shape index (κ1) is 10.7. The largest absolute Gasteiger partial charge is 0.312 e. The number of carbonyl (C=O) groups excluding carboxylic acids is 1. The summed E-state index contributed by atoms with van der Waals surface area (Å²) < 4.78 is 0. The van der Waals surface area contributed by atoms with E-state index in [1.165, 1.54) is 5.56 Å². The Morgan fingerprint density at radius 2 is 2.38 bits per heavy atom. The van der Waals surface area contributed by atoms with E-state index in [1.54, 1.807) is 4.90 Å². The van der Waals surface area contributed by atoms with Gasteiger partial charge in [-0.3, -0.25) is 4.79 Å². The quantitative estimate of drug-likeness (QED) is 0.719. The van der Waals surface area contributed by atoms with Gasteiger partial charge in [0.25, 0.3) is 0 Å². The zero-order valence-electron chi connectivity index (χ0n) is 9.36. The number of fused-ring (bicyclic) bond motifs is 1. The van der Waals surface area contributed by atoms with Crippen molar-refractivity contribution in [2.24, 2.45) is 0 Å². The molecular weight excluding hydrogens is 200 g/mol. The van der Waals surface area contributed by atoms with Crippen LogP contribution in [0.4, 0.5) is 5.69 Å². The van der Waals surface area contributed by atoms with Crippen LogP contribution in [0.2, 0.25) is 0 Å². The molecule has 3 nitrogen and oxygen atoms in total. The van der Waals surface area contributed by atoms with Crippen LogP contribution in [0.25, 0.3) is 0 Å². The Bertz CT molecular complexity index is 459. The van der Waals surface area contributed by atoms with Gasteiger partial charge in [-0.2, -0.15) is 5.26 Å². The minimum Gasteiger partial charge on any atom is -0.312 e. The molecule has 1 aromatic carbocycles. The molecule has 0 unspecified atom stereocenters. The lowest BCUT2D eigenvalue weighted by atomic mass is 9.99. The maximum atomic E-state index is 11.8. The molecule has 0 fully saturated rings. The van der Waals surface area contributed by atoms with Gasteiger partial charge < -0.3 is 4.90 Å². The SMILES string of the molecule is CCC(=O)N1CCCc2ccc(C#N)cc21. The van der Waals surface area contributed by atoms with E-state index >= 15 is 0 Å². The number of hydrogen-bond acceptors (Lipinski definition) is 2. The zero-order valence-corrected chi connectivity index (χ0v) is 9.36. The molecule has 2 rings (SSSR count). The van der Waals surface area contributed by atoms with E-state index in [-0.39, 0.29) is 5.91 Å². The minimum atomic E-state index is 0.135. The molecule has 1 aliphatic rings. The number of hydrogen-bond donors (Lipinski definition) is 0. The van der Waals surface area contributed by atoms with E-state index in [4.69, 9.17) is 5.26 Å². The molecule has 0 atom stereocenters. The summed E-state index contributed by atoms with van der Waals surface area (Å²) in [6.07, 6.45) is 2.51. The molecular formula is C13H14N2O. The number of rotatable bonds is 1. The highest BCUT2D eigenvalue weighted by molar-refractivity contribution is 5.94. The van der Waals surface area contributed by atoms with E-state index in [0.29, 0.717) is 12.0 Å². The van der Waals surface area contributed by atoms with Gasteiger partial charge in [-0.15, -0.1) is 0 Å². The summed E-state index contributed by atoms with van der Waals surface area (Å²) in [5.41, 5.74) is 2.72. The Hall–Kier alpha value is -1.82. The monoisotopic (exact) mass is 214 g/mol. The molecule has 3 heteroatoms. The van der Waals surface area contributed by atoms with Gasteiger partial charge in [-0.25, -0.2) is 0 Å². The molecule has 82 valence electrons.